The highest BCUT2D eigenvalue weighted by Gasteiger charge is 2.27. The second kappa shape index (κ2) is 6.56. The monoisotopic (exact) mass is 298 g/mol. The van der Waals surface area contributed by atoms with Gasteiger partial charge in [-0.1, -0.05) is 6.92 Å². The van der Waals surface area contributed by atoms with E-state index in [0.29, 0.717) is 24.8 Å². The van der Waals surface area contributed by atoms with Crippen molar-refractivity contribution in [2.75, 3.05) is 13.1 Å². The fraction of sp³-hybridized carbons (Fsp3) is 0.571. The van der Waals surface area contributed by atoms with Crippen molar-refractivity contribution < 1.29 is 13.2 Å². The summed E-state index contributed by atoms with van der Waals surface area (Å²) in [4.78, 5) is 0.258. The molecule has 0 heterocycles. The molecule has 3 N–H and O–H groups in total. The Bertz CT molecular complexity index is 528. The van der Waals surface area contributed by atoms with Gasteiger partial charge >= 0.3 is 0 Å². The minimum Gasteiger partial charge on any atom is -0.490 e. The highest BCUT2D eigenvalue weighted by Crippen LogP contribution is 2.29. The maximum Gasteiger partial charge on any atom is 0.240 e. The molecule has 112 valence electrons. The van der Waals surface area contributed by atoms with Crippen LogP contribution in [-0.2, 0) is 10.0 Å². The first-order valence-corrected chi connectivity index (χ1v) is 8.51. The van der Waals surface area contributed by atoms with Crippen LogP contribution in [0.2, 0.25) is 0 Å². The molecule has 2 unspecified atom stereocenters. The lowest BCUT2D eigenvalue weighted by atomic mass is 10.1. The Morgan fingerprint density at radius 2 is 2.00 bits per heavy atom. The molecular formula is C14H22N2O3S. The Hall–Kier alpha value is -1.11. The van der Waals surface area contributed by atoms with Gasteiger partial charge in [-0.25, -0.2) is 13.1 Å². The number of ether oxygens (including phenoxy) is 1. The molecule has 2 rings (SSSR count). The van der Waals surface area contributed by atoms with Gasteiger partial charge in [0.15, 0.2) is 0 Å². The molecule has 0 spiro atoms. The summed E-state index contributed by atoms with van der Waals surface area (Å²) in [5.74, 6) is 1.10. The fourth-order valence-corrected chi connectivity index (χ4v) is 3.61. The van der Waals surface area contributed by atoms with Gasteiger partial charge in [0, 0.05) is 12.5 Å². The molecule has 6 heteroatoms. The zero-order valence-electron chi connectivity index (χ0n) is 11.7. The van der Waals surface area contributed by atoms with E-state index in [2.05, 4.69) is 4.72 Å². The summed E-state index contributed by atoms with van der Waals surface area (Å²) in [6, 6.07) is 6.55. The van der Waals surface area contributed by atoms with Crippen LogP contribution in [0.25, 0.3) is 0 Å². The zero-order valence-corrected chi connectivity index (χ0v) is 12.5. The molecule has 0 radical (unpaired) electrons. The molecule has 1 fully saturated rings. The Morgan fingerprint density at radius 1 is 1.30 bits per heavy atom. The van der Waals surface area contributed by atoms with Crippen molar-refractivity contribution in [3.63, 3.8) is 0 Å². The van der Waals surface area contributed by atoms with Gasteiger partial charge in [0.2, 0.25) is 10.0 Å². The number of hydrogen-bond acceptors (Lipinski definition) is 4. The Kier molecular flexibility index (Phi) is 5.01. The summed E-state index contributed by atoms with van der Waals surface area (Å²) in [7, 11) is -3.40. The number of hydrogen-bond donors (Lipinski definition) is 2. The van der Waals surface area contributed by atoms with Crippen LogP contribution in [0.15, 0.2) is 29.2 Å². The van der Waals surface area contributed by atoms with E-state index in [0.717, 1.165) is 19.3 Å². The first-order valence-electron chi connectivity index (χ1n) is 7.03. The number of rotatable bonds is 6. The van der Waals surface area contributed by atoms with Crippen LogP contribution in [0.1, 0.15) is 26.2 Å². The van der Waals surface area contributed by atoms with Gasteiger partial charge in [-0.2, -0.15) is 0 Å². The molecule has 1 aromatic carbocycles. The summed E-state index contributed by atoms with van der Waals surface area (Å²) in [6.45, 7) is 2.76. The standard InChI is InChI=1S/C14H22N2O3S/c1-2-16-20(17,18)13-8-6-12(7-9-13)19-14-5-3-4-11(14)10-15/h6-9,11,14,16H,2-5,10,15H2,1H3. The van der Waals surface area contributed by atoms with E-state index in [4.69, 9.17) is 10.5 Å². The van der Waals surface area contributed by atoms with Crippen molar-refractivity contribution in [1.29, 1.82) is 0 Å². The summed E-state index contributed by atoms with van der Waals surface area (Å²) < 4.78 is 32.0. The Balaban J connectivity index is 2.05. The topological polar surface area (TPSA) is 81.4 Å². The Morgan fingerprint density at radius 3 is 2.60 bits per heavy atom. The van der Waals surface area contributed by atoms with Crippen LogP contribution in [0, 0.1) is 5.92 Å². The predicted octanol–water partition coefficient (Wildman–Crippen LogP) is 1.49. The molecule has 0 amide bonds. The smallest absolute Gasteiger partial charge is 0.240 e. The summed E-state index contributed by atoms with van der Waals surface area (Å²) >= 11 is 0. The third-order valence-electron chi connectivity index (χ3n) is 3.65. The molecule has 1 saturated carbocycles. The number of nitrogens with two attached hydrogens (primary N) is 1. The maximum atomic E-state index is 11.8. The first-order chi connectivity index (χ1) is 9.56. The fourth-order valence-electron chi connectivity index (χ4n) is 2.57. The lowest BCUT2D eigenvalue weighted by molar-refractivity contribution is 0.162. The molecule has 2 atom stereocenters. The lowest BCUT2D eigenvalue weighted by Crippen LogP contribution is -2.27. The van der Waals surface area contributed by atoms with E-state index < -0.39 is 10.0 Å². The average molecular weight is 298 g/mol. The van der Waals surface area contributed by atoms with Gasteiger partial charge in [0.05, 0.1) is 4.90 Å². The summed E-state index contributed by atoms with van der Waals surface area (Å²) in [6.07, 6.45) is 3.41. The van der Waals surface area contributed by atoms with Crippen molar-refractivity contribution in [3.05, 3.63) is 24.3 Å². The van der Waals surface area contributed by atoms with Gasteiger partial charge < -0.3 is 10.5 Å². The molecule has 1 aromatic rings. The van der Waals surface area contributed by atoms with Crippen molar-refractivity contribution >= 4 is 10.0 Å². The number of nitrogens with one attached hydrogen (secondary N) is 1. The van der Waals surface area contributed by atoms with E-state index in [9.17, 15) is 8.42 Å². The largest absolute Gasteiger partial charge is 0.490 e. The predicted molar refractivity (Wildman–Crippen MR) is 78.1 cm³/mol. The molecule has 0 bridgehead atoms. The van der Waals surface area contributed by atoms with Crippen molar-refractivity contribution in [2.45, 2.75) is 37.2 Å². The highest BCUT2D eigenvalue weighted by molar-refractivity contribution is 7.89. The van der Waals surface area contributed by atoms with Gasteiger partial charge in [-0.05, 0) is 50.1 Å². The summed E-state index contributed by atoms with van der Waals surface area (Å²) in [5, 5.41) is 0. The SMILES string of the molecule is CCNS(=O)(=O)c1ccc(OC2CCCC2CN)cc1. The maximum absolute atomic E-state index is 11.8. The molecule has 0 aromatic heterocycles. The van der Waals surface area contributed by atoms with E-state index in [1.165, 1.54) is 0 Å². The van der Waals surface area contributed by atoms with Crippen LogP contribution in [0.4, 0.5) is 0 Å². The van der Waals surface area contributed by atoms with E-state index in [-0.39, 0.29) is 11.0 Å². The average Bonchev–Trinajstić information content (AvgIpc) is 2.86. The van der Waals surface area contributed by atoms with E-state index in [1.54, 1.807) is 31.2 Å². The molecular weight excluding hydrogens is 276 g/mol. The van der Waals surface area contributed by atoms with E-state index >= 15 is 0 Å². The second-order valence-corrected chi connectivity index (χ2v) is 6.82. The van der Waals surface area contributed by atoms with Crippen LogP contribution in [0.3, 0.4) is 0 Å². The number of benzene rings is 1. The van der Waals surface area contributed by atoms with Gasteiger partial charge in [0.25, 0.3) is 0 Å². The van der Waals surface area contributed by atoms with E-state index in [1.807, 2.05) is 0 Å². The van der Waals surface area contributed by atoms with Gasteiger partial charge in [0.1, 0.15) is 11.9 Å². The normalized spacial score (nSPS) is 22.9. The third kappa shape index (κ3) is 3.50. The Labute approximate surface area is 120 Å². The molecule has 1 aliphatic rings. The van der Waals surface area contributed by atoms with Crippen LogP contribution in [0.5, 0.6) is 5.75 Å². The lowest BCUT2D eigenvalue weighted by Gasteiger charge is -2.20. The second-order valence-electron chi connectivity index (χ2n) is 5.06. The highest BCUT2D eigenvalue weighted by atomic mass is 32.2. The van der Waals surface area contributed by atoms with Crippen LogP contribution < -0.4 is 15.2 Å². The quantitative estimate of drug-likeness (QED) is 0.833. The molecule has 5 nitrogen and oxygen atoms in total. The first kappa shape index (κ1) is 15.3. The third-order valence-corrected chi connectivity index (χ3v) is 5.21. The molecule has 0 saturated heterocycles. The molecule has 0 aliphatic heterocycles. The summed E-state index contributed by atoms with van der Waals surface area (Å²) in [5.41, 5.74) is 5.72. The molecule has 20 heavy (non-hydrogen) atoms. The van der Waals surface area contributed by atoms with Crippen molar-refractivity contribution in [3.8, 4) is 5.75 Å². The van der Waals surface area contributed by atoms with Crippen molar-refractivity contribution in [2.24, 2.45) is 11.7 Å². The van der Waals surface area contributed by atoms with Crippen LogP contribution >= 0.6 is 0 Å². The zero-order chi connectivity index (χ0) is 14.6. The molecule has 1 aliphatic carbocycles. The van der Waals surface area contributed by atoms with Crippen molar-refractivity contribution in [1.82, 2.24) is 4.72 Å². The number of sulfonamides is 1. The minimum absolute atomic E-state index is 0.149. The van der Waals surface area contributed by atoms with Crippen LogP contribution in [-0.4, -0.2) is 27.6 Å². The van der Waals surface area contributed by atoms with Gasteiger partial charge in [-0.15, -0.1) is 0 Å². The van der Waals surface area contributed by atoms with Gasteiger partial charge in [-0.3, -0.25) is 0 Å². The minimum atomic E-state index is -3.40.